The highest BCUT2D eigenvalue weighted by molar-refractivity contribution is 6.02. The SMILES string of the molecule is CC1(CNC(=O)NC(=O)C=CC(=O)O)CCCC1. The molecule has 1 aliphatic rings. The minimum absolute atomic E-state index is 0.108. The van der Waals surface area contributed by atoms with Gasteiger partial charge in [-0.2, -0.15) is 0 Å². The molecular weight excluding hydrogens is 236 g/mol. The van der Waals surface area contributed by atoms with E-state index in [1.54, 1.807) is 0 Å². The Hall–Kier alpha value is -1.85. The molecule has 0 saturated heterocycles. The fraction of sp³-hybridized carbons (Fsp3) is 0.583. The highest BCUT2D eigenvalue weighted by atomic mass is 16.4. The fourth-order valence-corrected chi connectivity index (χ4v) is 2.04. The van der Waals surface area contributed by atoms with Crippen molar-refractivity contribution in [3.63, 3.8) is 0 Å². The van der Waals surface area contributed by atoms with E-state index in [1.165, 1.54) is 12.8 Å². The molecule has 0 atom stereocenters. The normalized spacial score (nSPS) is 17.6. The van der Waals surface area contributed by atoms with E-state index in [9.17, 15) is 14.4 Å². The van der Waals surface area contributed by atoms with E-state index in [4.69, 9.17) is 5.11 Å². The number of amides is 3. The van der Waals surface area contributed by atoms with Crippen molar-refractivity contribution in [3.8, 4) is 0 Å². The molecule has 0 aromatic heterocycles. The topological polar surface area (TPSA) is 95.5 Å². The first-order chi connectivity index (χ1) is 8.41. The monoisotopic (exact) mass is 254 g/mol. The van der Waals surface area contributed by atoms with Crippen molar-refractivity contribution < 1.29 is 19.5 Å². The maximum Gasteiger partial charge on any atom is 0.328 e. The van der Waals surface area contributed by atoms with Gasteiger partial charge in [-0.3, -0.25) is 10.1 Å². The maximum absolute atomic E-state index is 11.4. The number of carboxylic acid groups (broad SMARTS) is 1. The minimum Gasteiger partial charge on any atom is -0.478 e. The molecule has 0 heterocycles. The fourth-order valence-electron chi connectivity index (χ4n) is 2.04. The van der Waals surface area contributed by atoms with Gasteiger partial charge in [-0.15, -0.1) is 0 Å². The van der Waals surface area contributed by atoms with Gasteiger partial charge >= 0.3 is 12.0 Å². The molecule has 0 unspecified atom stereocenters. The number of rotatable bonds is 4. The van der Waals surface area contributed by atoms with Crippen LogP contribution in [0.1, 0.15) is 32.6 Å². The van der Waals surface area contributed by atoms with E-state index in [0.717, 1.165) is 18.9 Å². The van der Waals surface area contributed by atoms with Gasteiger partial charge in [0.15, 0.2) is 0 Å². The predicted molar refractivity (Wildman–Crippen MR) is 64.9 cm³/mol. The second kappa shape index (κ2) is 6.18. The molecule has 3 amide bonds. The second-order valence-corrected chi connectivity index (χ2v) is 4.86. The van der Waals surface area contributed by atoms with Crippen molar-refractivity contribution in [2.45, 2.75) is 32.6 Å². The predicted octanol–water partition coefficient (Wildman–Crippen LogP) is 1.03. The summed E-state index contributed by atoms with van der Waals surface area (Å²) in [6.45, 7) is 2.63. The van der Waals surface area contributed by atoms with Gasteiger partial charge in [-0.25, -0.2) is 9.59 Å². The number of imide groups is 1. The Morgan fingerprint density at radius 3 is 2.39 bits per heavy atom. The third kappa shape index (κ3) is 4.99. The van der Waals surface area contributed by atoms with Crippen LogP contribution in [-0.2, 0) is 9.59 Å². The molecule has 0 aromatic rings. The molecule has 3 N–H and O–H groups in total. The standard InChI is InChI=1S/C12H18N2O4/c1-12(6-2-3-7-12)8-13-11(18)14-9(15)4-5-10(16)17/h4-5H,2-3,6-8H2,1H3,(H,16,17)(H2,13,14,15,18). The summed E-state index contributed by atoms with van der Waals surface area (Å²) < 4.78 is 0. The molecule has 6 heteroatoms. The van der Waals surface area contributed by atoms with Gasteiger partial charge in [0.25, 0.3) is 5.91 Å². The molecule has 6 nitrogen and oxygen atoms in total. The average molecular weight is 254 g/mol. The molecular formula is C12H18N2O4. The van der Waals surface area contributed by atoms with Crippen molar-refractivity contribution in [1.82, 2.24) is 10.6 Å². The number of carbonyl (C=O) groups excluding carboxylic acids is 2. The van der Waals surface area contributed by atoms with E-state index < -0.39 is 17.9 Å². The lowest BCUT2D eigenvalue weighted by Gasteiger charge is -2.23. The summed E-state index contributed by atoms with van der Waals surface area (Å²) in [4.78, 5) is 32.6. The van der Waals surface area contributed by atoms with E-state index >= 15 is 0 Å². The van der Waals surface area contributed by atoms with E-state index in [-0.39, 0.29) is 5.41 Å². The molecule has 18 heavy (non-hydrogen) atoms. The number of carbonyl (C=O) groups is 3. The van der Waals surface area contributed by atoms with Crippen LogP contribution in [0.15, 0.2) is 12.2 Å². The molecule has 0 aliphatic heterocycles. The van der Waals surface area contributed by atoms with Crippen LogP contribution in [0.5, 0.6) is 0 Å². The summed E-state index contributed by atoms with van der Waals surface area (Å²) in [6, 6.07) is -0.594. The van der Waals surface area contributed by atoms with E-state index in [2.05, 4.69) is 12.2 Å². The van der Waals surface area contributed by atoms with Crippen LogP contribution in [0.25, 0.3) is 0 Å². The third-order valence-corrected chi connectivity index (χ3v) is 3.10. The van der Waals surface area contributed by atoms with Crippen molar-refractivity contribution in [1.29, 1.82) is 0 Å². The van der Waals surface area contributed by atoms with Gasteiger partial charge in [0.05, 0.1) is 0 Å². The van der Waals surface area contributed by atoms with Crippen LogP contribution in [0.3, 0.4) is 0 Å². The molecule has 0 bridgehead atoms. The van der Waals surface area contributed by atoms with Crippen molar-refractivity contribution in [2.75, 3.05) is 6.54 Å². The van der Waals surface area contributed by atoms with Crippen LogP contribution in [0.4, 0.5) is 4.79 Å². The minimum atomic E-state index is -1.23. The van der Waals surface area contributed by atoms with Crippen molar-refractivity contribution >= 4 is 17.9 Å². The summed E-state index contributed by atoms with van der Waals surface area (Å²) in [6.07, 6.45) is 5.96. The van der Waals surface area contributed by atoms with Crippen LogP contribution in [0, 0.1) is 5.41 Å². The molecule has 0 spiro atoms. The lowest BCUT2D eigenvalue weighted by atomic mass is 9.89. The number of hydrogen-bond donors (Lipinski definition) is 3. The summed E-state index contributed by atoms with van der Waals surface area (Å²) in [7, 11) is 0. The molecule has 0 radical (unpaired) electrons. The van der Waals surface area contributed by atoms with Gasteiger partial charge in [0.2, 0.25) is 0 Å². The Morgan fingerprint density at radius 1 is 1.22 bits per heavy atom. The third-order valence-electron chi connectivity index (χ3n) is 3.10. The Morgan fingerprint density at radius 2 is 1.83 bits per heavy atom. The first-order valence-electron chi connectivity index (χ1n) is 5.91. The van der Waals surface area contributed by atoms with Crippen LogP contribution in [-0.4, -0.2) is 29.6 Å². The Balaban J connectivity index is 2.29. The van der Waals surface area contributed by atoms with Crippen LogP contribution >= 0.6 is 0 Å². The molecule has 1 saturated carbocycles. The summed E-state index contributed by atoms with van der Waals surface area (Å²) in [5.74, 6) is -1.98. The molecule has 1 fully saturated rings. The first-order valence-corrected chi connectivity index (χ1v) is 5.91. The summed E-state index contributed by atoms with van der Waals surface area (Å²) in [5.41, 5.74) is 0.108. The number of urea groups is 1. The van der Waals surface area contributed by atoms with Crippen LogP contribution in [0.2, 0.25) is 0 Å². The average Bonchev–Trinajstić information content (AvgIpc) is 2.72. The van der Waals surface area contributed by atoms with Gasteiger partial charge in [-0.05, 0) is 18.3 Å². The zero-order chi connectivity index (χ0) is 13.6. The van der Waals surface area contributed by atoms with Gasteiger partial charge in [0.1, 0.15) is 0 Å². The Labute approximate surface area is 105 Å². The quantitative estimate of drug-likeness (QED) is 0.653. The van der Waals surface area contributed by atoms with Gasteiger partial charge in [0, 0.05) is 18.7 Å². The zero-order valence-corrected chi connectivity index (χ0v) is 10.4. The smallest absolute Gasteiger partial charge is 0.328 e. The maximum atomic E-state index is 11.4. The molecule has 1 rings (SSSR count). The summed E-state index contributed by atoms with van der Waals surface area (Å²) >= 11 is 0. The van der Waals surface area contributed by atoms with Gasteiger partial charge in [-0.1, -0.05) is 19.8 Å². The van der Waals surface area contributed by atoms with E-state index in [1.807, 2.05) is 5.32 Å². The number of hydrogen-bond acceptors (Lipinski definition) is 3. The lowest BCUT2D eigenvalue weighted by molar-refractivity contribution is -0.131. The lowest BCUT2D eigenvalue weighted by Crippen LogP contribution is -2.42. The number of aliphatic carboxylic acids is 1. The Bertz CT molecular complexity index is 370. The zero-order valence-electron chi connectivity index (χ0n) is 10.4. The van der Waals surface area contributed by atoms with E-state index in [0.29, 0.717) is 12.6 Å². The van der Waals surface area contributed by atoms with Crippen molar-refractivity contribution in [3.05, 3.63) is 12.2 Å². The molecule has 1 aliphatic carbocycles. The van der Waals surface area contributed by atoms with Crippen molar-refractivity contribution in [2.24, 2.45) is 5.41 Å². The molecule has 100 valence electrons. The highest BCUT2D eigenvalue weighted by Gasteiger charge is 2.28. The number of nitrogens with one attached hydrogen (secondary N) is 2. The summed E-state index contributed by atoms with van der Waals surface area (Å²) in [5, 5.41) is 13.0. The van der Waals surface area contributed by atoms with Crippen LogP contribution < -0.4 is 10.6 Å². The highest BCUT2D eigenvalue weighted by Crippen LogP contribution is 2.36. The second-order valence-electron chi connectivity index (χ2n) is 4.86. The molecule has 0 aromatic carbocycles. The largest absolute Gasteiger partial charge is 0.478 e. The first kappa shape index (κ1) is 14.2. The number of carboxylic acids is 1. The Kier molecular flexibility index (Phi) is 4.88. The van der Waals surface area contributed by atoms with Gasteiger partial charge < -0.3 is 10.4 Å².